The Kier molecular flexibility index (Phi) is 4.75. The highest BCUT2D eigenvalue weighted by Gasteiger charge is 2.21. The van der Waals surface area contributed by atoms with Crippen molar-refractivity contribution in [1.29, 1.82) is 0 Å². The molecule has 2 rings (SSSR count). The number of aromatic nitrogens is 2. The highest BCUT2D eigenvalue weighted by molar-refractivity contribution is 5.11. The van der Waals surface area contributed by atoms with Gasteiger partial charge in [-0.05, 0) is 38.0 Å². The highest BCUT2D eigenvalue weighted by atomic mass is 16.5. The molecule has 1 aromatic rings. The summed E-state index contributed by atoms with van der Waals surface area (Å²) < 4.78 is 5.36. The monoisotopic (exact) mass is 252 g/mol. The molecule has 2 atom stereocenters. The van der Waals surface area contributed by atoms with Crippen LogP contribution in [-0.2, 0) is 0 Å². The Hall–Kier alpha value is -1.36. The van der Waals surface area contributed by atoms with Crippen molar-refractivity contribution >= 4 is 0 Å². The van der Waals surface area contributed by atoms with E-state index in [0.29, 0.717) is 18.5 Å². The molecule has 1 fully saturated rings. The summed E-state index contributed by atoms with van der Waals surface area (Å²) >= 11 is 0. The van der Waals surface area contributed by atoms with Gasteiger partial charge in [-0.3, -0.25) is 0 Å². The summed E-state index contributed by atoms with van der Waals surface area (Å²) in [5, 5.41) is 18.4. The lowest BCUT2D eigenvalue weighted by Gasteiger charge is -2.08. The minimum absolute atomic E-state index is 0.0436. The first-order valence-electron chi connectivity index (χ1n) is 6.56. The Labute approximate surface area is 107 Å². The fourth-order valence-electron chi connectivity index (χ4n) is 2.39. The van der Waals surface area contributed by atoms with E-state index >= 15 is 0 Å². The van der Waals surface area contributed by atoms with Crippen LogP contribution in [0.5, 0.6) is 11.8 Å². The second-order valence-electron chi connectivity index (χ2n) is 4.90. The van der Waals surface area contributed by atoms with Crippen LogP contribution in [-0.4, -0.2) is 32.9 Å². The molecule has 0 aliphatic heterocycles. The van der Waals surface area contributed by atoms with Crippen LogP contribution in [0.25, 0.3) is 0 Å². The average molecular weight is 252 g/mol. The number of ether oxygens (including phenoxy) is 1. The van der Waals surface area contributed by atoms with Crippen molar-refractivity contribution in [2.24, 2.45) is 5.92 Å². The number of aromatic hydroxyl groups is 1. The third-order valence-corrected chi connectivity index (χ3v) is 3.37. The van der Waals surface area contributed by atoms with Crippen molar-refractivity contribution in [2.45, 2.75) is 44.6 Å². The predicted molar refractivity (Wildman–Crippen MR) is 66.4 cm³/mol. The molecular formula is C13H20N2O3. The van der Waals surface area contributed by atoms with Gasteiger partial charge in [0, 0.05) is 0 Å². The molecule has 0 saturated heterocycles. The van der Waals surface area contributed by atoms with Crippen LogP contribution in [0, 0.1) is 5.92 Å². The van der Waals surface area contributed by atoms with Gasteiger partial charge in [0.05, 0.1) is 25.1 Å². The third-order valence-electron chi connectivity index (χ3n) is 3.37. The number of unbranched alkanes of at least 4 members (excludes halogenated alkanes) is 1. The van der Waals surface area contributed by atoms with Crippen molar-refractivity contribution in [3.63, 3.8) is 0 Å². The van der Waals surface area contributed by atoms with Crippen LogP contribution in [0.3, 0.4) is 0 Å². The molecule has 5 nitrogen and oxygen atoms in total. The molecule has 0 radical (unpaired) electrons. The molecule has 2 unspecified atom stereocenters. The molecule has 1 aliphatic rings. The van der Waals surface area contributed by atoms with Crippen LogP contribution >= 0.6 is 0 Å². The van der Waals surface area contributed by atoms with Gasteiger partial charge in [-0.1, -0.05) is 6.42 Å². The Balaban J connectivity index is 1.55. The van der Waals surface area contributed by atoms with E-state index in [1.54, 1.807) is 0 Å². The van der Waals surface area contributed by atoms with Gasteiger partial charge in [-0.25, -0.2) is 0 Å². The second kappa shape index (κ2) is 6.54. The molecular weight excluding hydrogens is 232 g/mol. The Morgan fingerprint density at radius 3 is 2.67 bits per heavy atom. The van der Waals surface area contributed by atoms with Gasteiger partial charge in [-0.2, -0.15) is 9.97 Å². The summed E-state index contributed by atoms with van der Waals surface area (Å²) in [4.78, 5) is 7.69. The first-order chi connectivity index (χ1) is 8.74. The molecule has 5 heteroatoms. The number of rotatable bonds is 6. The van der Waals surface area contributed by atoms with Crippen LogP contribution in [0.1, 0.15) is 38.5 Å². The fraction of sp³-hybridized carbons (Fsp3) is 0.692. The lowest BCUT2D eigenvalue weighted by Crippen LogP contribution is -2.03. The molecule has 0 aromatic carbocycles. The molecule has 2 N–H and O–H groups in total. The summed E-state index contributed by atoms with van der Waals surface area (Å²) in [6.45, 7) is 0.597. The van der Waals surface area contributed by atoms with Gasteiger partial charge in [0.1, 0.15) is 0 Å². The van der Waals surface area contributed by atoms with Gasteiger partial charge >= 0.3 is 6.01 Å². The summed E-state index contributed by atoms with van der Waals surface area (Å²) in [5.41, 5.74) is 0. The first-order valence-corrected chi connectivity index (χ1v) is 6.56. The minimum atomic E-state index is -0.0725. The number of aliphatic hydroxyl groups excluding tert-OH is 1. The molecule has 1 saturated carbocycles. The molecule has 100 valence electrons. The van der Waals surface area contributed by atoms with Crippen LogP contribution in [0.2, 0.25) is 0 Å². The molecule has 0 bridgehead atoms. The largest absolute Gasteiger partial charge is 0.505 e. The maximum atomic E-state index is 9.41. The molecule has 18 heavy (non-hydrogen) atoms. The van der Waals surface area contributed by atoms with Gasteiger partial charge in [0.15, 0.2) is 5.75 Å². The summed E-state index contributed by atoms with van der Waals surface area (Å²) in [5.74, 6) is 0.729. The van der Waals surface area contributed by atoms with Crippen LogP contribution < -0.4 is 4.74 Å². The topological polar surface area (TPSA) is 75.5 Å². The van der Waals surface area contributed by atoms with E-state index in [1.165, 1.54) is 12.4 Å². The summed E-state index contributed by atoms with van der Waals surface area (Å²) in [7, 11) is 0. The van der Waals surface area contributed by atoms with Gasteiger partial charge < -0.3 is 14.9 Å². The lowest BCUT2D eigenvalue weighted by atomic mass is 10.0. The van der Waals surface area contributed by atoms with Crippen LogP contribution in [0.4, 0.5) is 0 Å². The van der Waals surface area contributed by atoms with E-state index < -0.39 is 0 Å². The number of hydrogen-bond donors (Lipinski definition) is 2. The zero-order valence-corrected chi connectivity index (χ0v) is 10.5. The molecule has 1 heterocycles. The van der Waals surface area contributed by atoms with Gasteiger partial charge in [-0.15, -0.1) is 0 Å². The smallest absolute Gasteiger partial charge is 0.316 e. The van der Waals surface area contributed by atoms with E-state index in [4.69, 9.17) is 9.84 Å². The van der Waals surface area contributed by atoms with E-state index in [1.807, 2.05) is 0 Å². The maximum Gasteiger partial charge on any atom is 0.316 e. The zero-order valence-electron chi connectivity index (χ0n) is 10.5. The van der Waals surface area contributed by atoms with Gasteiger partial charge in [0.2, 0.25) is 0 Å². The average Bonchev–Trinajstić information content (AvgIpc) is 2.77. The highest BCUT2D eigenvalue weighted by Crippen LogP contribution is 2.29. The van der Waals surface area contributed by atoms with Crippen molar-refractivity contribution in [3.8, 4) is 11.8 Å². The van der Waals surface area contributed by atoms with Crippen molar-refractivity contribution < 1.29 is 14.9 Å². The quantitative estimate of drug-likeness (QED) is 0.756. The number of aliphatic hydroxyl groups is 1. The first kappa shape index (κ1) is 13.1. The van der Waals surface area contributed by atoms with Crippen LogP contribution in [0.15, 0.2) is 12.4 Å². The number of nitrogens with zero attached hydrogens (tertiary/aromatic N) is 2. The zero-order chi connectivity index (χ0) is 12.8. The standard InChI is InChI=1S/C13H20N2O3/c16-11-5-4-10(7-11)3-1-2-6-18-13-14-8-12(17)9-15-13/h8-11,16-17H,1-7H2. The molecule has 0 spiro atoms. The molecule has 1 aromatic heterocycles. The van der Waals surface area contributed by atoms with E-state index in [-0.39, 0.29) is 11.9 Å². The molecule has 1 aliphatic carbocycles. The summed E-state index contributed by atoms with van der Waals surface area (Å²) in [6.07, 6.45) is 8.89. The van der Waals surface area contributed by atoms with E-state index in [9.17, 15) is 5.11 Å². The van der Waals surface area contributed by atoms with E-state index in [2.05, 4.69) is 9.97 Å². The van der Waals surface area contributed by atoms with Gasteiger partial charge in [0.25, 0.3) is 0 Å². The summed E-state index contributed by atoms with van der Waals surface area (Å²) in [6, 6.07) is 0.309. The lowest BCUT2D eigenvalue weighted by molar-refractivity contribution is 0.176. The maximum absolute atomic E-state index is 9.41. The Morgan fingerprint density at radius 1 is 1.22 bits per heavy atom. The normalized spacial score (nSPS) is 23.2. The number of hydrogen-bond acceptors (Lipinski definition) is 5. The predicted octanol–water partition coefficient (Wildman–Crippen LogP) is 1.89. The SMILES string of the molecule is Oc1cnc(OCCCCC2CCC(O)C2)nc1. The van der Waals surface area contributed by atoms with Crippen molar-refractivity contribution in [1.82, 2.24) is 9.97 Å². The van der Waals surface area contributed by atoms with Crippen molar-refractivity contribution in [2.75, 3.05) is 6.61 Å². The second-order valence-corrected chi connectivity index (χ2v) is 4.90. The third kappa shape index (κ3) is 4.14. The van der Waals surface area contributed by atoms with Crippen molar-refractivity contribution in [3.05, 3.63) is 12.4 Å². The van der Waals surface area contributed by atoms with E-state index in [0.717, 1.165) is 38.5 Å². The Morgan fingerprint density at radius 2 is 2.00 bits per heavy atom. The Bertz CT molecular complexity index is 356. The minimum Gasteiger partial charge on any atom is -0.505 e. The molecule has 0 amide bonds. The fourth-order valence-corrected chi connectivity index (χ4v) is 2.39.